The molecule has 2 aromatic carbocycles. The fraction of sp³-hybridized carbons (Fsp3) is 0.414. The molecule has 0 unspecified atom stereocenters. The van der Waals surface area contributed by atoms with Crippen LogP contribution < -0.4 is 14.3 Å². The first-order valence-corrected chi connectivity index (χ1v) is 15.2. The lowest BCUT2D eigenvalue weighted by Crippen LogP contribution is -2.45. The zero-order valence-electron chi connectivity index (χ0n) is 22.7. The first-order valence-electron chi connectivity index (χ1n) is 13.7. The number of fused-ring (bicyclic) bond motifs is 2. The van der Waals surface area contributed by atoms with Crippen LogP contribution in [-0.2, 0) is 65.5 Å². The molecule has 0 atom stereocenters. The summed E-state index contributed by atoms with van der Waals surface area (Å²) < 4.78 is 37.0. The van der Waals surface area contributed by atoms with E-state index >= 15 is 0 Å². The van der Waals surface area contributed by atoms with E-state index in [2.05, 4.69) is 21.2 Å². The Kier molecular flexibility index (Phi) is 8.39. The largest absolute Gasteiger partial charge is 0.445 e. The maximum Gasteiger partial charge on any atom is 0.407 e. The van der Waals surface area contributed by atoms with Crippen molar-refractivity contribution in [1.82, 2.24) is 19.8 Å². The van der Waals surface area contributed by atoms with E-state index in [0.29, 0.717) is 12.1 Å². The molecule has 40 heavy (non-hydrogen) atoms. The van der Waals surface area contributed by atoms with E-state index in [4.69, 9.17) is 4.74 Å². The summed E-state index contributed by atoms with van der Waals surface area (Å²) in [6.45, 7) is 0.363. The van der Waals surface area contributed by atoms with Crippen molar-refractivity contribution >= 4 is 27.9 Å². The molecule has 212 valence electrons. The number of rotatable bonds is 11. The predicted molar refractivity (Wildman–Crippen MR) is 151 cm³/mol. The van der Waals surface area contributed by atoms with Gasteiger partial charge in [0.15, 0.2) is 0 Å². The van der Waals surface area contributed by atoms with Crippen molar-refractivity contribution in [2.75, 3.05) is 17.4 Å². The van der Waals surface area contributed by atoms with Gasteiger partial charge in [-0.2, -0.15) is 13.5 Å². The Bertz CT molecular complexity index is 1450. The molecule has 0 saturated carbocycles. The molecule has 3 aromatic rings. The SMILES string of the molecule is Cn1cc(N(CCCNC(=O)OCc2ccccc2)S(=O)(=O)NC(=O)Cc2c3c(cc4c2CCC4)CCC3)cn1. The van der Waals surface area contributed by atoms with Gasteiger partial charge in [0.1, 0.15) is 6.61 Å². The Labute approximate surface area is 234 Å². The molecule has 5 rings (SSSR count). The highest BCUT2D eigenvalue weighted by molar-refractivity contribution is 7.91. The summed E-state index contributed by atoms with van der Waals surface area (Å²) in [4.78, 5) is 25.2. The van der Waals surface area contributed by atoms with Gasteiger partial charge in [0.2, 0.25) is 5.91 Å². The van der Waals surface area contributed by atoms with Crippen molar-refractivity contribution in [2.45, 2.75) is 58.0 Å². The standard InChI is InChI=1S/C29H35N5O5S/c1-33-19-24(18-31-33)34(15-7-14-30-29(36)39-20-21-8-3-2-4-9-21)40(37,38)32-28(35)17-27-25-12-5-10-22(25)16-23-11-6-13-26(23)27/h2-4,8-9,16,18-19H,5-7,10-15,17,20H2,1H3,(H,30,36)(H,32,35). The number of nitrogens with zero attached hydrogens (tertiary/aromatic N) is 3. The average Bonchev–Trinajstić information content (AvgIpc) is 3.68. The zero-order chi connectivity index (χ0) is 28.1. The van der Waals surface area contributed by atoms with E-state index in [1.807, 2.05) is 30.3 Å². The summed E-state index contributed by atoms with van der Waals surface area (Å²) in [6, 6.07) is 11.6. The quantitative estimate of drug-likeness (QED) is 0.345. The molecular weight excluding hydrogens is 530 g/mol. The van der Waals surface area contributed by atoms with Crippen molar-refractivity contribution in [3.63, 3.8) is 0 Å². The van der Waals surface area contributed by atoms with E-state index < -0.39 is 22.2 Å². The summed E-state index contributed by atoms with van der Waals surface area (Å²) in [5.74, 6) is -0.550. The van der Waals surface area contributed by atoms with E-state index in [-0.39, 0.29) is 26.1 Å². The second-order valence-electron chi connectivity index (χ2n) is 10.3. The maximum atomic E-state index is 13.4. The summed E-state index contributed by atoms with van der Waals surface area (Å²) >= 11 is 0. The van der Waals surface area contributed by atoms with Crippen LogP contribution in [0.2, 0.25) is 0 Å². The predicted octanol–water partition coefficient (Wildman–Crippen LogP) is 3.12. The van der Waals surface area contributed by atoms with Gasteiger partial charge in [-0.05, 0) is 78.3 Å². The monoisotopic (exact) mass is 565 g/mol. The first-order chi connectivity index (χ1) is 19.3. The van der Waals surface area contributed by atoms with Crippen LogP contribution in [0, 0.1) is 0 Å². The fourth-order valence-corrected chi connectivity index (χ4v) is 6.87. The summed E-state index contributed by atoms with van der Waals surface area (Å²) in [5.41, 5.74) is 7.27. The van der Waals surface area contributed by atoms with Crippen molar-refractivity contribution in [3.8, 4) is 0 Å². The number of carbonyl (C=O) groups is 2. The van der Waals surface area contributed by atoms with E-state index in [1.165, 1.54) is 33.1 Å². The second kappa shape index (κ2) is 12.1. The first kappa shape index (κ1) is 27.7. The minimum Gasteiger partial charge on any atom is -0.445 e. The Morgan fingerprint density at radius 1 is 1.05 bits per heavy atom. The lowest BCUT2D eigenvalue weighted by atomic mass is 9.92. The molecule has 10 nitrogen and oxygen atoms in total. The van der Waals surface area contributed by atoms with Gasteiger partial charge in [-0.3, -0.25) is 13.8 Å². The normalized spacial score (nSPS) is 13.9. The van der Waals surface area contributed by atoms with Gasteiger partial charge in [-0.1, -0.05) is 36.4 Å². The minimum atomic E-state index is -4.22. The van der Waals surface area contributed by atoms with Crippen molar-refractivity contribution in [3.05, 3.63) is 82.2 Å². The smallest absolute Gasteiger partial charge is 0.407 e. The van der Waals surface area contributed by atoms with Gasteiger partial charge in [-0.15, -0.1) is 0 Å². The molecule has 1 heterocycles. The van der Waals surface area contributed by atoms with E-state index in [0.717, 1.165) is 54.0 Å². The van der Waals surface area contributed by atoms with Crippen LogP contribution in [-0.4, -0.2) is 43.3 Å². The molecule has 2 N–H and O–H groups in total. The van der Waals surface area contributed by atoms with Crippen molar-refractivity contribution < 1.29 is 22.7 Å². The van der Waals surface area contributed by atoms with E-state index in [9.17, 15) is 18.0 Å². The molecule has 2 aliphatic rings. The molecule has 0 saturated heterocycles. The number of hydrogen-bond acceptors (Lipinski definition) is 6. The molecule has 0 fully saturated rings. The van der Waals surface area contributed by atoms with E-state index in [1.54, 1.807) is 13.2 Å². The second-order valence-corrected chi connectivity index (χ2v) is 11.9. The van der Waals surface area contributed by atoms with Crippen LogP contribution in [0.1, 0.15) is 52.6 Å². The van der Waals surface area contributed by atoms with Crippen LogP contribution >= 0.6 is 0 Å². The van der Waals surface area contributed by atoms with Crippen LogP contribution in [0.4, 0.5) is 10.5 Å². The highest BCUT2D eigenvalue weighted by Gasteiger charge is 2.29. The molecule has 2 amide bonds. The van der Waals surface area contributed by atoms with Gasteiger partial charge in [0.25, 0.3) is 0 Å². The number of anilines is 1. The highest BCUT2D eigenvalue weighted by Crippen LogP contribution is 2.35. The van der Waals surface area contributed by atoms with Crippen molar-refractivity contribution in [2.24, 2.45) is 7.05 Å². The molecule has 0 radical (unpaired) electrons. The summed E-state index contributed by atoms with van der Waals surface area (Å²) in [5, 5.41) is 6.74. The molecule has 0 spiro atoms. The third kappa shape index (κ3) is 6.47. The van der Waals surface area contributed by atoms with Crippen LogP contribution in [0.5, 0.6) is 0 Å². The Balaban J connectivity index is 1.21. The Morgan fingerprint density at radius 3 is 2.40 bits per heavy atom. The molecule has 2 aliphatic carbocycles. The Hall–Kier alpha value is -3.86. The number of amides is 2. The summed E-state index contributed by atoms with van der Waals surface area (Å²) in [6.07, 6.45) is 8.77. The number of carbonyl (C=O) groups excluding carboxylic acids is 2. The molecule has 1 aromatic heterocycles. The van der Waals surface area contributed by atoms with Crippen LogP contribution in [0.15, 0.2) is 48.8 Å². The van der Waals surface area contributed by atoms with Crippen LogP contribution in [0.25, 0.3) is 0 Å². The van der Waals surface area contributed by atoms with Gasteiger partial charge in [-0.25, -0.2) is 9.52 Å². The topological polar surface area (TPSA) is 123 Å². The van der Waals surface area contributed by atoms with Gasteiger partial charge in [0, 0.05) is 26.3 Å². The molecule has 11 heteroatoms. The highest BCUT2D eigenvalue weighted by atomic mass is 32.2. The molecule has 0 aliphatic heterocycles. The van der Waals surface area contributed by atoms with Gasteiger partial charge < -0.3 is 10.1 Å². The molecular formula is C29H35N5O5S. The van der Waals surface area contributed by atoms with Crippen molar-refractivity contribution in [1.29, 1.82) is 0 Å². The lowest BCUT2D eigenvalue weighted by molar-refractivity contribution is -0.118. The number of aryl methyl sites for hydroxylation is 3. The number of hydrogen-bond donors (Lipinski definition) is 2. The van der Waals surface area contributed by atoms with Gasteiger partial charge >= 0.3 is 16.3 Å². The third-order valence-electron chi connectivity index (χ3n) is 7.47. The number of aromatic nitrogens is 2. The average molecular weight is 566 g/mol. The fourth-order valence-electron chi connectivity index (χ4n) is 5.66. The lowest BCUT2D eigenvalue weighted by Gasteiger charge is -2.23. The van der Waals surface area contributed by atoms with Crippen LogP contribution in [0.3, 0.4) is 0 Å². The van der Waals surface area contributed by atoms with Gasteiger partial charge in [0.05, 0.1) is 18.3 Å². The number of ether oxygens (including phenoxy) is 1. The number of nitrogens with one attached hydrogen (secondary N) is 2. The maximum absolute atomic E-state index is 13.4. The minimum absolute atomic E-state index is 0.0312. The number of alkyl carbamates (subject to hydrolysis) is 1. The molecule has 0 bridgehead atoms. The zero-order valence-corrected chi connectivity index (χ0v) is 23.5. The summed E-state index contributed by atoms with van der Waals surface area (Å²) in [7, 11) is -2.53. The third-order valence-corrected chi connectivity index (χ3v) is 8.93. The Morgan fingerprint density at radius 2 is 1.75 bits per heavy atom. The number of benzene rings is 2.